The van der Waals surface area contributed by atoms with Crippen LogP contribution < -0.4 is 5.73 Å². The highest BCUT2D eigenvalue weighted by Gasteiger charge is 2.69. The van der Waals surface area contributed by atoms with E-state index in [1.807, 2.05) is 7.11 Å². The lowest BCUT2D eigenvalue weighted by molar-refractivity contribution is 0.0329. The minimum absolute atomic E-state index is 0.457. The third kappa shape index (κ3) is 1.17. The van der Waals surface area contributed by atoms with Gasteiger partial charge in [-0.25, -0.2) is 0 Å². The molecule has 14 heavy (non-hydrogen) atoms. The Hall–Kier alpha value is -0.0800. The highest BCUT2D eigenvalue weighted by atomic mass is 16.5. The SMILES string of the molecule is COC1CCCC2(C1)C(CN)C2(C)C. The van der Waals surface area contributed by atoms with Gasteiger partial charge in [0.1, 0.15) is 0 Å². The minimum atomic E-state index is 0.457. The minimum Gasteiger partial charge on any atom is -0.381 e. The summed E-state index contributed by atoms with van der Waals surface area (Å²) in [5, 5.41) is 0. The molecule has 2 nitrogen and oxygen atoms in total. The Kier molecular flexibility index (Phi) is 2.39. The summed E-state index contributed by atoms with van der Waals surface area (Å²) in [4.78, 5) is 0. The van der Waals surface area contributed by atoms with Gasteiger partial charge < -0.3 is 10.5 Å². The van der Waals surface area contributed by atoms with Gasteiger partial charge in [0.25, 0.3) is 0 Å². The maximum Gasteiger partial charge on any atom is 0.0577 e. The molecule has 2 aliphatic carbocycles. The lowest BCUT2D eigenvalue weighted by Gasteiger charge is -2.31. The molecule has 0 aromatic rings. The topological polar surface area (TPSA) is 35.2 Å². The van der Waals surface area contributed by atoms with Crippen LogP contribution in [0.25, 0.3) is 0 Å². The molecular weight excluding hydrogens is 174 g/mol. The molecule has 0 aliphatic heterocycles. The molecule has 1 spiro atoms. The Morgan fingerprint density at radius 2 is 2.14 bits per heavy atom. The number of methoxy groups -OCH3 is 1. The van der Waals surface area contributed by atoms with Crippen LogP contribution in [0, 0.1) is 16.7 Å². The van der Waals surface area contributed by atoms with Gasteiger partial charge in [-0.2, -0.15) is 0 Å². The molecule has 0 aromatic heterocycles. The Balaban J connectivity index is 2.10. The second-order valence-electron chi connectivity index (χ2n) is 5.62. The summed E-state index contributed by atoms with van der Waals surface area (Å²) in [5.74, 6) is 0.730. The first-order valence-corrected chi connectivity index (χ1v) is 5.81. The molecule has 2 saturated carbocycles. The number of rotatable bonds is 2. The van der Waals surface area contributed by atoms with Crippen LogP contribution in [0.1, 0.15) is 39.5 Å². The summed E-state index contributed by atoms with van der Waals surface area (Å²) in [6.07, 6.45) is 5.64. The van der Waals surface area contributed by atoms with Gasteiger partial charge in [0.2, 0.25) is 0 Å². The average Bonchev–Trinajstić information content (AvgIpc) is 2.61. The summed E-state index contributed by atoms with van der Waals surface area (Å²) in [6.45, 7) is 5.61. The zero-order chi connectivity index (χ0) is 10.4. The molecule has 82 valence electrons. The zero-order valence-corrected chi connectivity index (χ0v) is 9.68. The molecule has 0 heterocycles. The van der Waals surface area contributed by atoms with Gasteiger partial charge in [-0.15, -0.1) is 0 Å². The molecular formula is C12H23NO. The van der Waals surface area contributed by atoms with E-state index in [0.717, 1.165) is 12.5 Å². The van der Waals surface area contributed by atoms with E-state index in [0.29, 0.717) is 16.9 Å². The molecule has 2 aliphatic rings. The van der Waals surface area contributed by atoms with E-state index in [4.69, 9.17) is 10.5 Å². The van der Waals surface area contributed by atoms with Gasteiger partial charge in [-0.3, -0.25) is 0 Å². The van der Waals surface area contributed by atoms with Crippen molar-refractivity contribution in [3.05, 3.63) is 0 Å². The summed E-state index contributed by atoms with van der Waals surface area (Å²) in [5.41, 5.74) is 6.83. The van der Waals surface area contributed by atoms with Gasteiger partial charge in [-0.1, -0.05) is 20.3 Å². The lowest BCUT2D eigenvalue weighted by Crippen LogP contribution is -2.26. The van der Waals surface area contributed by atoms with Crippen molar-refractivity contribution in [1.82, 2.24) is 0 Å². The molecule has 0 radical (unpaired) electrons. The highest BCUT2D eigenvalue weighted by Crippen LogP contribution is 2.74. The van der Waals surface area contributed by atoms with Gasteiger partial charge >= 0.3 is 0 Å². The predicted molar refractivity (Wildman–Crippen MR) is 58.0 cm³/mol. The molecule has 0 aromatic carbocycles. The quantitative estimate of drug-likeness (QED) is 0.736. The first-order valence-electron chi connectivity index (χ1n) is 5.81. The summed E-state index contributed by atoms with van der Waals surface area (Å²) in [7, 11) is 1.84. The Morgan fingerprint density at radius 3 is 2.64 bits per heavy atom. The molecule has 2 heteroatoms. The van der Waals surface area contributed by atoms with Crippen LogP contribution in [-0.4, -0.2) is 19.8 Å². The summed E-state index contributed by atoms with van der Waals surface area (Å²) >= 11 is 0. The van der Waals surface area contributed by atoms with E-state index < -0.39 is 0 Å². The second kappa shape index (κ2) is 3.21. The number of nitrogens with two attached hydrogens (primary N) is 1. The van der Waals surface area contributed by atoms with E-state index in [2.05, 4.69) is 13.8 Å². The first-order chi connectivity index (χ1) is 6.58. The second-order valence-corrected chi connectivity index (χ2v) is 5.62. The van der Waals surface area contributed by atoms with Crippen LogP contribution in [0.5, 0.6) is 0 Å². The molecule has 2 rings (SSSR count). The van der Waals surface area contributed by atoms with Crippen molar-refractivity contribution < 1.29 is 4.74 Å². The molecule has 3 unspecified atom stereocenters. The summed E-state index contributed by atoms with van der Waals surface area (Å²) in [6, 6.07) is 0. The molecule has 0 saturated heterocycles. The molecule has 2 fully saturated rings. The fourth-order valence-corrected chi connectivity index (χ4v) is 3.94. The van der Waals surface area contributed by atoms with Crippen molar-refractivity contribution in [2.75, 3.05) is 13.7 Å². The predicted octanol–water partition coefficient (Wildman–Crippen LogP) is 2.18. The Bertz CT molecular complexity index is 226. The van der Waals surface area contributed by atoms with E-state index in [9.17, 15) is 0 Å². The maximum atomic E-state index is 5.86. The van der Waals surface area contributed by atoms with Crippen molar-refractivity contribution in [3.63, 3.8) is 0 Å². The van der Waals surface area contributed by atoms with Crippen LogP contribution >= 0.6 is 0 Å². The fourth-order valence-electron chi connectivity index (χ4n) is 3.94. The number of hydrogen-bond acceptors (Lipinski definition) is 2. The standard InChI is InChI=1S/C12H23NO/c1-11(2)10(8-13)12(11)6-4-5-9(7-12)14-3/h9-10H,4-8,13H2,1-3H3. The van der Waals surface area contributed by atoms with E-state index in [-0.39, 0.29) is 0 Å². The highest BCUT2D eigenvalue weighted by molar-refractivity contribution is 5.18. The maximum absolute atomic E-state index is 5.86. The zero-order valence-electron chi connectivity index (χ0n) is 9.68. The smallest absolute Gasteiger partial charge is 0.0577 e. The van der Waals surface area contributed by atoms with Gasteiger partial charge in [-0.05, 0) is 42.6 Å². The normalized spacial score (nSPS) is 45.4. The average molecular weight is 197 g/mol. The van der Waals surface area contributed by atoms with E-state index in [1.165, 1.54) is 25.7 Å². The van der Waals surface area contributed by atoms with E-state index >= 15 is 0 Å². The number of ether oxygens (including phenoxy) is 1. The molecule has 2 N–H and O–H groups in total. The molecule has 0 amide bonds. The Morgan fingerprint density at radius 1 is 1.43 bits per heavy atom. The van der Waals surface area contributed by atoms with Crippen LogP contribution in [0.3, 0.4) is 0 Å². The lowest BCUT2D eigenvalue weighted by atomic mass is 9.79. The first kappa shape index (κ1) is 10.4. The third-order valence-electron chi connectivity index (χ3n) is 5.05. The van der Waals surface area contributed by atoms with Crippen LogP contribution in [-0.2, 0) is 4.74 Å². The third-order valence-corrected chi connectivity index (χ3v) is 5.05. The van der Waals surface area contributed by atoms with Gasteiger partial charge in [0.15, 0.2) is 0 Å². The molecule has 0 bridgehead atoms. The molecule has 3 atom stereocenters. The summed E-state index contributed by atoms with van der Waals surface area (Å²) < 4.78 is 5.51. The van der Waals surface area contributed by atoms with Crippen LogP contribution in [0.4, 0.5) is 0 Å². The van der Waals surface area contributed by atoms with Crippen LogP contribution in [0.2, 0.25) is 0 Å². The van der Waals surface area contributed by atoms with Gasteiger partial charge in [0, 0.05) is 7.11 Å². The van der Waals surface area contributed by atoms with Crippen molar-refractivity contribution in [2.45, 2.75) is 45.6 Å². The van der Waals surface area contributed by atoms with Crippen molar-refractivity contribution in [2.24, 2.45) is 22.5 Å². The van der Waals surface area contributed by atoms with Gasteiger partial charge in [0.05, 0.1) is 6.10 Å². The monoisotopic (exact) mass is 197 g/mol. The fraction of sp³-hybridized carbons (Fsp3) is 1.00. The number of hydrogen-bond donors (Lipinski definition) is 1. The van der Waals surface area contributed by atoms with Crippen molar-refractivity contribution in [3.8, 4) is 0 Å². The Labute approximate surface area is 87.2 Å². The largest absolute Gasteiger partial charge is 0.381 e. The van der Waals surface area contributed by atoms with Crippen molar-refractivity contribution in [1.29, 1.82) is 0 Å². The van der Waals surface area contributed by atoms with Crippen LogP contribution in [0.15, 0.2) is 0 Å². The van der Waals surface area contributed by atoms with Crippen molar-refractivity contribution >= 4 is 0 Å². The van der Waals surface area contributed by atoms with E-state index in [1.54, 1.807) is 0 Å².